The number of halogens is 1. The number of hydrogen-bond acceptors (Lipinski definition) is 8. The zero-order valence-corrected chi connectivity index (χ0v) is 23.7. The molecule has 1 aliphatic heterocycles. The number of aromatic nitrogens is 4. The van der Waals surface area contributed by atoms with Gasteiger partial charge in [-0.3, -0.25) is 9.88 Å². The van der Waals surface area contributed by atoms with Crippen LogP contribution in [0.25, 0.3) is 5.52 Å². The number of amides is 1. The Kier molecular flexibility index (Phi) is 8.37. The first kappa shape index (κ1) is 27.7. The van der Waals surface area contributed by atoms with E-state index in [1.54, 1.807) is 12.4 Å². The van der Waals surface area contributed by atoms with Crippen LogP contribution in [0, 0.1) is 0 Å². The molecule has 3 aromatic heterocycles. The fourth-order valence-corrected chi connectivity index (χ4v) is 4.90. The van der Waals surface area contributed by atoms with Crippen molar-refractivity contribution in [2.24, 2.45) is 0 Å². The lowest BCUT2D eigenvalue weighted by Gasteiger charge is -2.32. The van der Waals surface area contributed by atoms with Crippen LogP contribution in [-0.2, 0) is 17.9 Å². The van der Waals surface area contributed by atoms with E-state index in [2.05, 4.69) is 36.7 Å². The van der Waals surface area contributed by atoms with E-state index in [9.17, 15) is 4.79 Å². The Hall–Kier alpha value is -3.89. The Morgan fingerprint density at radius 1 is 1.18 bits per heavy atom. The SMILES string of the molecule is CC(C)(C)OC(=O)NC1CCN(Cc2ccn3ncnc(Nc4ccc(OCc5cccnc5)c(Cl)c4)c23)CC1. The van der Waals surface area contributed by atoms with E-state index in [0.29, 0.717) is 23.2 Å². The van der Waals surface area contributed by atoms with Gasteiger partial charge in [-0.2, -0.15) is 5.10 Å². The number of fused-ring (bicyclic) bond motifs is 1. The summed E-state index contributed by atoms with van der Waals surface area (Å²) in [6, 6.07) is 11.6. The van der Waals surface area contributed by atoms with Crippen molar-refractivity contribution >= 4 is 34.7 Å². The van der Waals surface area contributed by atoms with Crippen molar-refractivity contribution in [3.63, 3.8) is 0 Å². The second-order valence-electron chi connectivity index (χ2n) is 10.9. The molecular formula is C29H34ClN7O3. The number of carbonyl (C=O) groups is 1. The maximum absolute atomic E-state index is 12.1. The summed E-state index contributed by atoms with van der Waals surface area (Å²) in [4.78, 5) is 23.2. The Balaban J connectivity index is 1.22. The van der Waals surface area contributed by atoms with Crippen molar-refractivity contribution in [3.8, 4) is 5.75 Å². The largest absolute Gasteiger partial charge is 0.487 e. The van der Waals surface area contributed by atoms with Crippen molar-refractivity contribution in [2.75, 3.05) is 18.4 Å². The molecule has 5 rings (SSSR count). The van der Waals surface area contributed by atoms with Gasteiger partial charge in [0.15, 0.2) is 5.82 Å². The molecule has 1 amide bonds. The number of carbonyl (C=O) groups excluding carboxylic acids is 1. The minimum Gasteiger partial charge on any atom is -0.487 e. The molecule has 0 spiro atoms. The third-order valence-corrected chi connectivity index (χ3v) is 6.85. The highest BCUT2D eigenvalue weighted by molar-refractivity contribution is 6.32. The van der Waals surface area contributed by atoms with Gasteiger partial charge in [-0.15, -0.1) is 0 Å². The van der Waals surface area contributed by atoms with Crippen LogP contribution in [0.1, 0.15) is 44.7 Å². The number of pyridine rings is 1. The molecule has 40 heavy (non-hydrogen) atoms. The van der Waals surface area contributed by atoms with Crippen LogP contribution in [0.3, 0.4) is 0 Å². The number of anilines is 2. The molecule has 1 aromatic carbocycles. The predicted molar refractivity (Wildman–Crippen MR) is 154 cm³/mol. The summed E-state index contributed by atoms with van der Waals surface area (Å²) in [5.41, 5.74) is 3.28. The highest BCUT2D eigenvalue weighted by Gasteiger charge is 2.24. The van der Waals surface area contributed by atoms with E-state index in [1.807, 2.05) is 61.8 Å². The van der Waals surface area contributed by atoms with E-state index in [1.165, 1.54) is 6.33 Å². The molecule has 4 heterocycles. The molecule has 0 bridgehead atoms. The standard InChI is InChI=1S/C29H34ClN7O3/c1-29(2,3)40-28(38)35-22-9-12-36(13-10-22)17-21-8-14-37-26(21)27(32-19-33-37)34-23-6-7-25(24(30)15-23)39-18-20-5-4-11-31-16-20/h4-8,11,14-16,19,22H,9-10,12-13,17-18H2,1-3H3,(H,35,38)(H,32,33,34). The van der Waals surface area contributed by atoms with Gasteiger partial charge in [-0.25, -0.2) is 14.3 Å². The molecule has 4 aromatic rings. The van der Waals surface area contributed by atoms with Crippen LogP contribution in [0.15, 0.2) is 61.3 Å². The number of nitrogens with zero attached hydrogens (tertiary/aromatic N) is 5. The highest BCUT2D eigenvalue weighted by Crippen LogP contribution is 2.31. The summed E-state index contributed by atoms with van der Waals surface area (Å²) < 4.78 is 13.1. The molecule has 10 nitrogen and oxygen atoms in total. The van der Waals surface area contributed by atoms with Crippen molar-refractivity contribution in [1.29, 1.82) is 0 Å². The van der Waals surface area contributed by atoms with Crippen LogP contribution >= 0.6 is 11.6 Å². The van der Waals surface area contributed by atoms with E-state index >= 15 is 0 Å². The maximum atomic E-state index is 12.1. The van der Waals surface area contributed by atoms with Crippen molar-refractivity contribution < 1.29 is 14.3 Å². The number of ether oxygens (including phenoxy) is 2. The molecule has 210 valence electrons. The molecule has 0 atom stereocenters. The van der Waals surface area contributed by atoms with E-state index in [0.717, 1.165) is 54.8 Å². The monoisotopic (exact) mass is 563 g/mol. The maximum Gasteiger partial charge on any atom is 0.407 e. The molecule has 2 N–H and O–H groups in total. The Morgan fingerprint density at radius 3 is 2.73 bits per heavy atom. The van der Waals surface area contributed by atoms with Crippen LogP contribution in [0.4, 0.5) is 16.3 Å². The van der Waals surface area contributed by atoms with E-state index in [4.69, 9.17) is 21.1 Å². The first-order valence-corrected chi connectivity index (χ1v) is 13.7. The first-order valence-electron chi connectivity index (χ1n) is 13.3. The summed E-state index contributed by atoms with van der Waals surface area (Å²) >= 11 is 6.53. The highest BCUT2D eigenvalue weighted by atomic mass is 35.5. The number of hydrogen-bond donors (Lipinski definition) is 2. The van der Waals surface area contributed by atoms with Gasteiger partial charge in [-0.05, 0) is 69.5 Å². The number of piperidine rings is 1. The Morgan fingerprint density at radius 2 is 2.00 bits per heavy atom. The van der Waals surface area contributed by atoms with Gasteiger partial charge in [0.05, 0.1) is 5.02 Å². The third kappa shape index (κ3) is 7.19. The fourth-order valence-electron chi connectivity index (χ4n) is 4.66. The lowest BCUT2D eigenvalue weighted by atomic mass is 10.0. The number of likely N-dealkylation sites (tertiary alicyclic amines) is 1. The van der Waals surface area contributed by atoms with Crippen LogP contribution in [0.2, 0.25) is 5.02 Å². The average Bonchev–Trinajstić information content (AvgIpc) is 3.32. The lowest BCUT2D eigenvalue weighted by Crippen LogP contribution is -2.45. The number of benzene rings is 1. The smallest absolute Gasteiger partial charge is 0.407 e. The molecule has 1 fully saturated rings. The van der Waals surface area contributed by atoms with Crippen LogP contribution < -0.4 is 15.4 Å². The molecule has 11 heteroatoms. The van der Waals surface area contributed by atoms with Gasteiger partial charge in [0, 0.05) is 55.5 Å². The molecule has 0 radical (unpaired) electrons. The molecule has 0 unspecified atom stereocenters. The zero-order chi connectivity index (χ0) is 28.1. The third-order valence-electron chi connectivity index (χ3n) is 6.55. The minimum absolute atomic E-state index is 0.110. The Bertz CT molecular complexity index is 1450. The Labute approximate surface area is 238 Å². The van der Waals surface area contributed by atoms with E-state index in [-0.39, 0.29) is 12.1 Å². The molecule has 1 saturated heterocycles. The van der Waals surface area contributed by atoms with Crippen molar-refractivity contribution in [2.45, 2.75) is 58.4 Å². The number of nitrogens with one attached hydrogen (secondary N) is 2. The van der Waals surface area contributed by atoms with Gasteiger partial charge in [0.1, 0.15) is 29.8 Å². The molecular weight excluding hydrogens is 530 g/mol. The number of rotatable bonds is 8. The summed E-state index contributed by atoms with van der Waals surface area (Å²) in [7, 11) is 0. The van der Waals surface area contributed by atoms with E-state index < -0.39 is 5.60 Å². The molecule has 0 saturated carbocycles. The topological polar surface area (TPSA) is 106 Å². The second-order valence-corrected chi connectivity index (χ2v) is 11.3. The molecule has 0 aliphatic carbocycles. The lowest BCUT2D eigenvalue weighted by molar-refractivity contribution is 0.0477. The zero-order valence-electron chi connectivity index (χ0n) is 22.9. The number of alkyl carbamates (subject to hydrolysis) is 1. The van der Waals surface area contributed by atoms with Crippen molar-refractivity contribution in [3.05, 3.63) is 77.5 Å². The van der Waals surface area contributed by atoms with Crippen molar-refractivity contribution in [1.82, 2.24) is 29.8 Å². The summed E-state index contributed by atoms with van der Waals surface area (Å²) in [6.07, 6.45) is 8.33. The van der Waals surface area contributed by atoms with Crippen LogP contribution in [-0.4, -0.2) is 55.3 Å². The van der Waals surface area contributed by atoms with Gasteiger partial charge in [0.2, 0.25) is 0 Å². The fraction of sp³-hybridized carbons (Fsp3) is 0.379. The van der Waals surface area contributed by atoms with Gasteiger partial charge in [0.25, 0.3) is 0 Å². The quantitative estimate of drug-likeness (QED) is 0.286. The minimum atomic E-state index is -0.503. The summed E-state index contributed by atoms with van der Waals surface area (Å²) in [5.74, 6) is 1.29. The summed E-state index contributed by atoms with van der Waals surface area (Å²) in [6.45, 7) is 8.47. The average molecular weight is 564 g/mol. The second kappa shape index (κ2) is 12.1. The molecule has 1 aliphatic rings. The van der Waals surface area contributed by atoms with Crippen LogP contribution in [0.5, 0.6) is 5.75 Å². The van der Waals surface area contributed by atoms with Gasteiger partial charge < -0.3 is 20.1 Å². The summed E-state index contributed by atoms with van der Waals surface area (Å²) in [5, 5.41) is 11.3. The normalized spacial score (nSPS) is 14.7. The van der Waals surface area contributed by atoms with Gasteiger partial charge >= 0.3 is 6.09 Å². The predicted octanol–water partition coefficient (Wildman–Crippen LogP) is 5.59. The van der Waals surface area contributed by atoms with Gasteiger partial charge in [-0.1, -0.05) is 17.7 Å². The first-order chi connectivity index (χ1) is 19.2.